The number of hydrogen-bond acceptors (Lipinski definition) is 4. The van der Waals surface area contributed by atoms with E-state index in [1.807, 2.05) is 13.8 Å². The maximum absolute atomic E-state index is 13.2. The van der Waals surface area contributed by atoms with Crippen LogP contribution in [0, 0.1) is 11.8 Å². The molecule has 2 unspecified atom stereocenters. The number of carbonyl (C=O) groups excluding carboxylic acids is 2. The average molecular weight is 435 g/mol. The van der Waals surface area contributed by atoms with Crippen LogP contribution in [-0.2, 0) is 9.59 Å². The van der Waals surface area contributed by atoms with Gasteiger partial charge in [-0.3, -0.25) is 19.4 Å². The van der Waals surface area contributed by atoms with Crippen LogP contribution in [0.3, 0.4) is 0 Å². The van der Waals surface area contributed by atoms with Crippen LogP contribution in [0.1, 0.15) is 26.7 Å². The summed E-state index contributed by atoms with van der Waals surface area (Å²) in [5.74, 6) is -1.21. The molecule has 0 aliphatic carbocycles. The first-order chi connectivity index (χ1) is 13.7. The van der Waals surface area contributed by atoms with Crippen LogP contribution < -0.4 is 9.80 Å². The van der Waals surface area contributed by atoms with E-state index in [0.717, 1.165) is 0 Å². The molecule has 4 rings (SSSR count). The van der Waals surface area contributed by atoms with Gasteiger partial charge < -0.3 is 10.2 Å². The minimum absolute atomic E-state index is 0.139. The Morgan fingerprint density at radius 3 is 1.55 bits per heavy atom. The lowest BCUT2D eigenvalue weighted by Crippen LogP contribution is -2.56. The number of aromatic hydroxyl groups is 2. The van der Waals surface area contributed by atoms with Crippen molar-refractivity contribution in [1.29, 1.82) is 0 Å². The highest BCUT2D eigenvalue weighted by molar-refractivity contribution is 6.32. The minimum Gasteiger partial charge on any atom is -0.506 e. The van der Waals surface area contributed by atoms with E-state index in [-0.39, 0.29) is 45.2 Å². The fourth-order valence-electron chi connectivity index (χ4n) is 4.57. The second-order valence-corrected chi connectivity index (χ2v) is 8.63. The molecule has 0 saturated carbocycles. The van der Waals surface area contributed by atoms with Crippen molar-refractivity contribution in [2.75, 3.05) is 9.80 Å². The van der Waals surface area contributed by atoms with Crippen LogP contribution >= 0.6 is 23.2 Å². The molecule has 6 nitrogen and oxygen atoms in total. The summed E-state index contributed by atoms with van der Waals surface area (Å²) in [4.78, 5) is 29.5. The Hall–Kier alpha value is -2.44. The Balaban J connectivity index is 1.91. The quantitative estimate of drug-likeness (QED) is 0.726. The number of hydrogen-bond donors (Lipinski definition) is 2. The summed E-state index contributed by atoms with van der Waals surface area (Å²) < 4.78 is 0. The van der Waals surface area contributed by atoms with Gasteiger partial charge in [0, 0.05) is 48.2 Å². The first kappa shape index (κ1) is 19.9. The first-order valence-electron chi connectivity index (χ1n) is 9.31. The number of phenols is 2. The van der Waals surface area contributed by atoms with Gasteiger partial charge in [-0.25, -0.2) is 0 Å². The first-order valence-corrected chi connectivity index (χ1v) is 10.1. The number of rotatable bonds is 2. The zero-order valence-electron chi connectivity index (χ0n) is 15.9. The molecule has 2 aliphatic rings. The second-order valence-electron chi connectivity index (χ2n) is 7.81. The van der Waals surface area contributed by atoms with Crippen LogP contribution in [0.2, 0.25) is 10.0 Å². The SMILES string of the molecule is CC1CC2(CC(C)C(=O)N2c2ccc(Cl)c(O)c2)N(c2ccc(Cl)c(O)c2)C1=O. The van der Waals surface area contributed by atoms with Gasteiger partial charge in [0.1, 0.15) is 17.2 Å². The Bertz CT molecular complexity index is 944. The van der Waals surface area contributed by atoms with Crippen LogP contribution in [0.5, 0.6) is 11.5 Å². The molecule has 29 heavy (non-hydrogen) atoms. The highest BCUT2D eigenvalue weighted by Gasteiger charge is 2.60. The number of phenolic OH excluding ortho intramolecular Hbond substituents is 2. The summed E-state index contributed by atoms with van der Waals surface area (Å²) in [5, 5.41) is 20.6. The lowest BCUT2D eigenvalue weighted by molar-refractivity contribution is -0.120. The largest absolute Gasteiger partial charge is 0.506 e. The van der Waals surface area contributed by atoms with Gasteiger partial charge in [-0.15, -0.1) is 0 Å². The summed E-state index contributed by atoms with van der Waals surface area (Å²) in [6.45, 7) is 3.65. The van der Waals surface area contributed by atoms with Crippen molar-refractivity contribution < 1.29 is 19.8 Å². The minimum atomic E-state index is -0.951. The van der Waals surface area contributed by atoms with Crippen LogP contribution in [0.4, 0.5) is 11.4 Å². The molecule has 2 N–H and O–H groups in total. The van der Waals surface area contributed by atoms with Crippen molar-refractivity contribution in [3.05, 3.63) is 46.4 Å². The van der Waals surface area contributed by atoms with E-state index in [0.29, 0.717) is 24.2 Å². The van der Waals surface area contributed by atoms with Crippen molar-refractivity contribution >= 4 is 46.4 Å². The molecule has 0 radical (unpaired) electrons. The Labute approximate surface area is 178 Å². The predicted molar refractivity (Wildman–Crippen MR) is 111 cm³/mol. The summed E-state index contributed by atoms with van der Waals surface area (Å²) >= 11 is 11.9. The van der Waals surface area contributed by atoms with Gasteiger partial charge in [-0.2, -0.15) is 0 Å². The van der Waals surface area contributed by atoms with Gasteiger partial charge in [0.25, 0.3) is 0 Å². The maximum atomic E-state index is 13.2. The number of anilines is 2. The molecule has 2 amide bonds. The molecule has 2 atom stereocenters. The summed E-state index contributed by atoms with van der Waals surface area (Å²) in [7, 11) is 0. The van der Waals surface area contributed by atoms with E-state index in [1.54, 1.807) is 21.9 Å². The van der Waals surface area contributed by atoms with Gasteiger partial charge in [0.05, 0.1) is 10.0 Å². The molecule has 2 aromatic carbocycles. The molecular weight excluding hydrogens is 415 g/mol. The Kier molecular flexibility index (Phi) is 4.67. The third-order valence-electron chi connectivity index (χ3n) is 5.76. The number of benzene rings is 2. The molecule has 0 aromatic heterocycles. The highest BCUT2D eigenvalue weighted by Crippen LogP contribution is 2.51. The topological polar surface area (TPSA) is 81.1 Å². The third-order valence-corrected chi connectivity index (χ3v) is 6.40. The predicted octanol–water partition coefficient (Wildman–Crippen LogP) is 4.55. The molecule has 0 bridgehead atoms. The van der Waals surface area contributed by atoms with E-state index in [9.17, 15) is 19.8 Å². The Morgan fingerprint density at radius 1 is 0.828 bits per heavy atom. The number of carbonyl (C=O) groups is 2. The van der Waals surface area contributed by atoms with Gasteiger partial charge in [0.15, 0.2) is 0 Å². The second kappa shape index (κ2) is 6.82. The van der Waals surface area contributed by atoms with Crippen molar-refractivity contribution in [1.82, 2.24) is 0 Å². The molecular formula is C21H20Cl2N2O4. The van der Waals surface area contributed by atoms with Crippen molar-refractivity contribution in [3.63, 3.8) is 0 Å². The zero-order valence-corrected chi connectivity index (χ0v) is 17.4. The molecule has 152 valence electrons. The molecule has 2 aromatic rings. The standard InChI is InChI=1S/C21H20Cl2N2O4/c1-11-9-21(24(19(11)28)13-3-5-15(22)17(26)7-13)10-12(2)20(29)25(21)14-4-6-16(23)18(27)8-14/h3-8,11-12,26-27H,9-10H2,1-2H3. The van der Waals surface area contributed by atoms with E-state index >= 15 is 0 Å². The highest BCUT2D eigenvalue weighted by atomic mass is 35.5. The van der Waals surface area contributed by atoms with E-state index < -0.39 is 5.66 Å². The molecule has 2 heterocycles. The number of nitrogens with zero attached hydrogens (tertiary/aromatic N) is 2. The lowest BCUT2D eigenvalue weighted by Gasteiger charge is -2.42. The normalized spacial score (nSPS) is 26.8. The molecule has 2 saturated heterocycles. The van der Waals surface area contributed by atoms with Crippen molar-refractivity contribution in [3.8, 4) is 11.5 Å². The number of halogens is 2. The molecule has 2 aliphatic heterocycles. The lowest BCUT2D eigenvalue weighted by atomic mass is 9.95. The van der Waals surface area contributed by atoms with Crippen LogP contribution in [-0.4, -0.2) is 27.7 Å². The fraction of sp³-hybridized carbons (Fsp3) is 0.333. The van der Waals surface area contributed by atoms with Gasteiger partial charge in [-0.1, -0.05) is 37.0 Å². The smallest absolute Gasteiger partial charge is 0.231 e. The van der Waals surface area contributed by atoms with Gasteiger partial charge in [0.2, 0.25) is 11.8 Å². The van der Waals surface area contributed by atoms with Crippen molar-refractivity contribution in [2.24, 2.45) is 11.8 Å². The van der Waals surface area contributed by atoms with E-state index in [1.165, 1.54) is 24.3 Å². The molecule has 8 heteroatoms. The number of amides is 2. The average Bonchev–Trinajstić information content (AvgIpc) is 3.05. The van der Waals surface area contributed by atoms with E-state index in [2.05, 4.69) is 0 Å². The van der Waals surface area contributed by atoms with Crippen molar-refractivity contribution in [2.45, 2.75) is 32.4 Å². The van der Waals surface area contributed by atoms with E-state index in [4.69, 9.17) is 23.2 Å². The third kappa shape index (κ3) is 2.93. The van der Waals surface area contributed by atoms with Crippen LogP contribution in [0.15, 0.2) is 36.4 Å². The summed E-state index contributed by atoms with van der Waals surface area (Å²) in [6.07, 6.45) is 0.851. The van der Waals surface area contributed by atoms with Gasteiger partial charge in [-0.05, 0) is 24.3 Å². The Morgan fingerprint density at radius 2 is 1.21 bits per heavy atom. The molecule has 1 spiro atoms. The summed E-state index contributed by atoms with van der Waals surface area (Å²) in [6, 6.07) is 9.23. The zero-order chi connectivity index (χ0) is 21.1. The fourth-order valence-corrected chi connectivity index (χ4v) is 4.81. The molecule has 2 fully saturated rings. The van der Waals surface area contributed by atoms with Crippen LogP contribution in [0.25, 0.3) is 0 Å². The maximum Gasteiger partial charge on any atom is 0.231 e. The van der Waals surface area contributed by atoms with Gasteiger partial charge >= 0.3 is 0 Å². The summed E-state index contributed by atoms with van der Waals surface area (Å²) in [5.41, 5.74) is -0.0225. The monoisotopic (exact) mass is 434 g/mol.